The number of hydrogen-bond acceptors (Lipinski definition) is 6. The predicted molar refractivity (Wildman–Crippen MR) is 139 cm³/mol. The molecule has 35 heavy (non-hydrogen) atoms. The summed E-state index contributed by atoms with van der Waals surface area (Å²) >= 11 is 0. The van der Waals surface area contributed by atoms with E-state index in [-0.39, 0.29) is 25.1 Å². The Bertz CT molecular complexity index is 599. The SMILES string of the molecule is C[N+](C)(C)CCOP(=O)(O)OCC(N)C(O)/C=C/CCCCCCCCCCCCCC(=O)O.O. The molecule has 0 amide bonds. The predicted octanol–water partition coefficient (Wildman–Crippen LogP) is 3.40. The lowest BCUT2D eigenvalue weighted by Crippen LogP contribution is -2.38. The first-order valence-corrected chi connectivity index (χ1v) is 14.2. The molecule has 10 nitrogen and oxygen atoms in total. The zero-order valence-electron chi connectivity index (χ0n) is 22.1. The highest BCUT2D eigenvalue weighted by Crippen LogP contribution is 2.43. The number of aliphatic carboxylic acids is 1. The second-order valence-corrected chi connectivity index (χ2v) is 11.5. The molecule has 0 aromatic rings. The fourth-order valence-corrected chi connectivity index (χ4v) is 4.00. The van der Waals surface area contributed by atoms with Crippen molar-refractivity contribution >= 4 is 13.8 Å². The van der Waals surface area contributed by atoms with Crippen molar-refractivity contribution in [2.24, 2.45) is 5.73 Å². The molecule has 3 atom stereocenters. The number of carbonyl (C=O) groups is 1. The van der Waals surface area contributed by atoms with Crippen LogP contribution in [0.5, 0.6) is 0 Å². The van der Waals surface area contributed by atoms with Gasteiger partial charge in [0, 0.05) is 6.42 Å². The number of likely N-dealkylation sites (N-methyl/N-ethyl adjacent to an activating group) is 1. The Balaban J connectivity index is 0. The van der Waals surface area contributed by atoms with Crippen LogP contribution < -0.4 is 5.73 Å². The maximum Gasteiger partial charge on any atom is 0.472 e. The third-order valence-corrected chi connectivity index (χ3v) is 6.46. The molecule has 0 bridgehead atoms. The van der Waals surface area contributed by atoms with E-state index in [2.05, 4.69) is 0 Å². The van der Waals surface area contributed by atoms with Gasteiger partial charge < -0.3 is 30.8 Å². The van der Waals surface area contributed by atoms with Crippen LogP contribution in [0, 0.1) is 0 Å². The fourth-order valence-electron chi connectivity index (χ4n) is 3.25. The van der Waals surface area contributed by atoms with E-state index >= 15 is 0 Å². The first kappa shape index (κ1) is 36.3. The summed E-state index contributed by atoms with van der Waals surface area (Å²) in [6.07, 6.45) is 16.2. The van der Waals surface area contributed by atoms with Crippen LogP contribution >= 0.6 is 7.82 Å². The number of allylic oxidation sites excluding steroid dienone is 1. The van der Waals surface area contributed by atoms with Crippen molar-refractivity contribution in [3.8, 4) is 0 Å². The van der Waals surface area contributed by atoms with E-state index in [0.29, 0.717) is 11.0 Å². The number of aliphatic hydroxyl groups excluding tert-OH is 1. The number of phosphoric acid groups is 1. The van der Waals surface area contributed by atoms with Crippen LogP contribution in [0.4, 0.5) is 0 Å². The lowest BCUT2D eigenvalue weighted by Gasteiger charge is -2.24. The number of unbranched alkanes of at least 4 members (excludes halogenated alkanes) is 11. The molecule has 0 saturated carbocycles. The van der Waals surface area contributed by atoms with Crippen LogP contribution in [0.15, 0.2) is 12.2 Å². The molecular weight excluding hydrogens is 475 g/mol. The van der Waals surface area contributed by atoms with Gasteiger partial charge in [0.05, 0.1) is 39.9 Å². The van der Waals surface area contributed by atoms with E-state index in [9.17, 15) is 19.4 Å². The monoisotopic (exact) mass is 527 g/mol. The second-order valence-electron chi connectivity index (χ2n) is 10.0. The standard InChI is InChI=1S/C24H49N2O7P.H2O/c1-26(2,3)19-20-32-34(30,31)33-21-22(25)23(27)17-15-13-11-9-7-5-4-6-8-10-12-14-16-18-24(28)29;/h15,17,22-23,27H,4-14,16,18-21,25H2,1-3H3,(H-,28,29,30,31);1H2/p+1/b17-15+;. The van der Waals surface area contributed by atoms with Crippen LogP contribution in [0.2, 0.25) is 0 Å². The Morgan fingerprint density at radius 1 is 0.943 bits per heavy atom. The maximum absolute atomic E-state index is 11.9. The Kier molecular flexibility index (Phi) is 22.1. The van der Waals surface area contributed by atoms with E-state index in [0.717, 1.165) is 38.5 Å². The van der Waals surface area contributed by atoms with Crippen molar-refractivity contribution < 1.29 is 43.5 Å². The lowest BCUT2D eigenvalue weighted by molar-refractivity contribution is -0.870. The van der Waals surface area contributed by atoms with Gasteiger partial charge in [-0.15, -0.1) is 0 Å². The minimum Gasteiger partial charge on any atom is -0.481 e. The summed E-state index contributed by atoms with van der Waals surface area (Å²) in [5, 5.41) is 18.7. The minimum atomic E-state index is -4.18. The number of phosphoric ester groups is 1. The van der Waals surface area contributed by atoms with Gasteiger partial charge in [-0.2, -0.15) is 0 Å². The summed E-state index contributed by atoms with van der Waals surface area (Å²) in [6, 6.07) is -0.809. The number of carboxylic acids is 1. The Morgan fingerprint density at radius 2 is 1.43 bits per heavy atom. The summed E-state index contributed by atoms with van der Waals surface area (Å²) < 4.78 is 22.3. The highest BCUT2D eigenvalue weighted by Gasteiger charge is 2.25. The summed E-state index contributed by atoms with van der Waals surface area (Å²) in [5.41, 5.74) is 5.85. The van der Waals surface area contributed by atoms with Crippen molar-refractivity contribution in [1.29, 1.82) is 0 Å². The number of rotatable bonds is 23. The molecule has 0 saturated heterocycles. The highest BCUT2D eigenvalue weighted by atomic mass is 31.2. The zero-order chi connectivity index (χ0) is 25.9. The third-order valence-electron chi connectivity index (χ3n) is 5.48. The summed E-state index contributed by atoms with van der Waals surface area (Å²) in [6.45, 7) is 0.375. The molecule has 0 rings (SSSR count). The molecule has 0 aromatic heterocycles. The van der Waals surface area contributed by atoms with E-state index in [1.807, 2.05) is 27.2 Å². The van der Waals surface area contributed by atoms with Crippen LogP contribution in [-0.4, -0.2) is 84.1 Å². The summed E-state index contributed by atoms with van der Waals surface area (Å²) in [5.74, 6) is -0.701. The molecule has 0 fully saturated rings. The number of nitrogens with two attached hydrogens (primary N) is 1. The average molecular weight is 528 g/mol. The largest absolute Gasteiger partial charge is 0.481 e. The molecule has 0 aliphatic carbocycles. The smallest absolute Gasteiger partial charge is 0.472 e. The number of nitrogens with zero attached hydrogens (tertiary/aromatic N) is 1. The minimum absolute atomic E-state index is 0. The lowest BCUT2D eigenvalue weighted by atomic mass is 10.0. The van der Waals surface area contributed by atoms with Gasteiger partial charge in [0.15, 0.2) is 0 Å². The van der Waals surface area contributed by atoms with Crippen molar-refractivity contribution in [2.45, 2.75) is 95.6 Å². The first-order chi connectivity index (χ1) is 15.9. The van der Waals surface area contributed by atoms with Crippen molar-refractivity contribution in [2.75, 3.05) is 40.9 Å². The number of hydrogen-bond donors (Lipinski definition) is 4. The maximum atomic E-state index is 11.9. The van der Waals surface area contributed by atoms with Gasteiger partial charge in [-0.25, -0.2) is 4.57 Å². The average Bonchev–Trinajstić information content (AvgIpc) is 2.73. The topological polar surface area (TPSA) is 171 Å². The van der Waals surface area contributed by atoms with Gasteiger partial charge in [-0.3, -0.25) is 13.8 Å². The number of aliphatic hydroxyl groups is 1. The van der Waals surface area contributed by atoms with Crippen LogP contribution in [0.25, 0.3) is 0 Å². The van der Waals surface area contributed by atoms with Crippen molar-refractivity contribution in [3.05, 3.63) is 12.2 Å². The van der Waals surface area contributed by atoms with Crippen LogP contribution in [-0.2, 0) is 18.4 Å². The first-order valence-electron chi connectivity index (χ1n) is 12.7. The zero-order valence-corrected chi connectivity index (χ0v) is 23.0. The molecular formula is C24H52N2O8P+. The Labute approximate surface area is 212 Å². The summed E-state index contributed by atoms with van der Waals surface area (Å²) in [4.78, 5) is 20.1. The number of carboxylic acid groups (broad SMARTS) is 1. The molecule has 3 unspecified atom stereocenters. The second kappa shape index (κ2) is 21.3. The molecule has 7 N–H and O–H groups in total. The van der Waals surface area contributed by atoms with Gasteiger partial charge in [-0.05, 0) is 19.3 Å². The molecule has 210 valence electrons. The quantitative estimate of drug-likeness (QED) is 0.0677. The van der Waals surface area contributed by atoms with Gasteiger partial charge in [0.2, 0.25) is 0 Å². The van der Waals surface area contributed by atoms with E-state index in [1.54, 1.807) is 6.08 Å². The van der Waals surface area contributed by atoms with Crippen molar-refractivity contribution in [1.82, 2.24) is 0 Å². The van der Waals surface area contributed by atoms with Gasteiger partial charge in [-0.1, -0.05) is 69.9 Å². The Hall–Kier alpha value is -0.840. The van der Waals surface area contributed by atoms with Gasteiger partial charge >= 0.3 is 13.8 Å². The third kappa shape index (κ3) is 26.0. The Morgan fingerprint density at radius 3 is 1.91 bits per heavy atom. The van der Waals surface area contributed by atoms with Crippen LogP contribution in [0.1, 0.15) is 83.5 Å². The van der Waals surface area contributed by atoms with Crippen LogP contribution in [0.3, 0.4) is 0 Å². The molecule has 0 aliphatic rings. The van der Waals surface area contributed by atoms with E-state index in [1.165, 1.54) is 38.5 Å². The summed E-state index contributed by atoms with van der Waals surface area (Å²) in [7, 11) is 1.66. The molecule has 0 heterocycles. The normalized spacial score (nSPS) is 15.5. The number of quaternary nitrogens is 1. The molecule has 0 aromatic carbocycles. The van der Waals surface area contributed by atoms with E-state index < -0.39 is 25.9 Å². The van der Waals surface area contributed by atoms with Crippen molar-refractivity contribution in [3.63, 3.8) is 0 Å². The molecule has 0 spiro atoms. The fraction of sp³-hybridized carbons (Fsp3) is 0.875. The molecule has 0 radical (unpaired) electrons. The molecule has 11 heteroatoms. The van der Waals surface area contributed by atoms with Gasteiger partial charge in [0.1, 0.15) is 13.2 Å². The van der Waals surface area contributed by atoms with Gasteiger partial charge in [0.25, 0.3) is 0 Å². The van der Waals surface area contributed by atoms with E-state index in [4.69, 9.17) is 19.9 Å². The molecule has 0 aliphatic heterocycles. The highest BCUT2D eigenvalue weighted by molar-refractivity contribution is 7.47.